The van der Waals surface area contributed by atoms with Gasteiger partial charge in [0.2, 0.25) is 0 Å². The van der Waals surface area contributed by atoms with Crippen LogP contribution in [0.3, 0.4) is 0 Å². The van der Waals surface area contributed by atoms with Gasteiger partial charge in [-0.25, -0.2) is 0 Å². The van der Waals surface area contributed by atoms with E-state index in [2.05, 4.69) is 12.2 Å². The van der Waals surface area contributed by atoms with Crippen LogP contribution in [-0.4, -0.2) is 49.5 Å². The third kappa shape index (κ3) is 8.33. The number of hydrogen-bond donors (Lipinski definition) is 2. The highest BCUT2D eigenvalue weighted by molar-refractivity contribution is 7.99. The van der Waals surface area contributed by atoms with Gasteiger partial charge in [-0.15, -0.1) is 0 Å². The van der Waals surface area contributed by atoms with E-state index >= 15 is 0 Å². The lowest BCUT2D eigenvalue weighted by Gasteiger charge is -2.10. The van der Waals surface area contributed by atoms with E-state index in [4.69, 9.17) is 4.74 Å². The van der Waals surface area contributed by atoms with E-state index in [1.165, 1.54) is 0 Å². The van der Waals surface area contributed by atoms with Crippen molar-refractivity contribution in [3.63, 3.8) is 0 Å². The summed E-state index contributed by atoms with van der Waals surface area (Å²) in [5.74, 6) is 1.88. The molecule has 0 aliphatic carbocycles. The van der Waals surface area contributed by atoms with Crippen molar-refractivity contribution in [3.05, 3.63) is 0 Å². The molecule has 0 radical (unpaired) electrons. The molecule has 0 heterocycles. The molecule has 0 aromatic carbocycles. The Labute approximate surface area is 78.9 Å². The average molecular weight is 193 g/mol. The van der Waals surface area contributed by atoms with Crippen LogP contribution in [0.4, 0.5) is 0 Å². The Morgan fingerprint density at radius 2 is 2.33 bits per heavy atom. The molecule has 0 amide bonds. The zero-order valence-electron chi connectivity index (χ0n) is 7.88. The molecule has 0 aliphatic heterocycles. The van der Waals surface area contributed by atoms with Crippen LogP contribution in [0.1, 0.15) is 6.92 Å². The highest BCUT2D eigenvalue weighted by Gasteiger charge is 2.01. The van der Waals surface area contributed by atoms with Crippen molar-refractivity contribution in [1.29, 1.82) is 0 Å². The summed E-state index contributed by atoms with van der Waals surface area (Å²) >= 11 is 1.76. The predicted molar refractivity (Wildman–Crippen MR) is 53.8 cm³/mol. The van der Waals surface area contributed by atoms with Crippen molar-refractivity contribution in [1.82, 2.24) is 5.32 Å². The Morgan fingerprint density at radius 3 is 2.92 bits per heavy atom. The quantitative estimate of drug-likeness (QED) is 0.545. The molecule has 0 aromatic rings. The number of aliphatic hydroxyl groups excluding tert-OH is 1. The lowest BCUT2D eigenvalue weighted by Crippen LogP contribution is -2.30. The van der Waals surface area contributed by atoms with Gasteiger partial charge in [0.15, 0.2) is 0 Å². The maximum Gasteiger partial charge on any atom is 0.0754 e. The number of hydrogen-bond acceptors (Lipinski definition) is 4. The van der Waals surface area contributed by atoms with E-state index < -0.39 is 0 Å². The molecule has 4 heteroatoms. The second kappa shape index (κ2) is 9.32. The lowest BCUT2D eigenvalue weighted by molar-refractivity contribution is 0.175. The molecular formula is C8H19NO2S. The summed E-state index contributed by atoms with van der Waals surface area (Å²) in [6.45, 7) is 4.27. The third-order valence-corrected chi connectivity index (χ3v) is 2.41. The molecule has 12 heavy (non-hydrogen) atoms. The first-order valence-corrected chi connectivity index (χ1v) is 5.42. The third-order valence-electron chi connectivity index (χ3n) is 1.38. The van der Waals surface area contributed by atoms with Crippen LogP contribution in [0, 0.1) is 0 Å². The van der Waals surface area contributed by atoms with Crippen molar-refractivity contribution in [2.75, 3.05) is 38.3 Å². The summed E-state index contributed by atoms with van der Waals surface area (Å²) in [6.07, 6.45) is -0.230. The predicted octanol–water partition coefficient (Wildman–Crippen LogP) is 0.336. The summed E-state index contributed by atoms with van der Waals surface area (Å²) in [5.41, 5.74) is 0. The molecule has 0 aliphatic rings. The van der Waals surface area contributed by atoms with Crippen LogP contribution in [0.5, 0.6) is 0 Å². The Morgan fingerprint density at radius 1 is 1.58 bits per heavy atom. The summed E-state index contributed by atoms with van der Waals surface area (Å²) in [5, 5.41) is 12.5. The number of thioether (sulfide) groups is 1. The molecule has 74 valence electrons. The Kier molecular flexibility index (Phi) is 9.50. The van der Waals surface area contributed by atoms with Crippen LogP contribution >= 0.6 is 11.8 Å². The molecule has 1 atom stereocenters. The number of nitrogens with one attached hydrogen (secondary N) is 1. The van der Waals surface area contributed by atoms with Crippen molar-refractivity contribution < 1.29 is 9.84 Å². The minimum absolute atomic E-state index is 0.230. The molecule has 0 fully saturated rings. The number of ether oxygens (including phenoxy) is 1. The SMILES string of the molecule is CCSCC(O)CNCCOC. The second-order valence-electron chi connectivity index (χ2n) is 2.51. The number of methoxy groups -OCH3 is 1. The van der Waals surface area contributed by atoms with Crippen LogP contribution in [0.2, 0.25) is 0 Å². The molecule has 0 aromatic heterocycles. The fraction of sp³-hybridized carbons (Fsp3) is 1.00. The van der Waals surface area contributed by atoms with E-state index in [0.29, 0.717) is 13.2 Å². The molecule has 2 N–H and O–H groups in total. The average Bonchev–Trinajstić information content (AvgIpc) is 2.09. The highest BCUT2D eigenvalue weighted by Crippen LogP contribution is 2.00. The van der Waals surface area contributed by atoms with E-state index in [1.807, 2.05) is 0 Å². The fourth-order valence-corrected chi connectivity index (χ4v) is 1.38. The monoisotopic (exact) mass is 193 g/mol. The number of aliphatic hydroxyl groups is 1. The molecule has 0 saturated carbocycles. The minimum Gasteiger partial charge on any atom is -0.391 e. The van der Waals surface area contributed by atoms with Crippen molar-refractivity contribution in [2.45, 2.75) is 13.0 Å². The molecular weight excluding hydrogens is 174 g/mol. The lowest BCUT2D eigenvalue weighted by atomic mass is 10.4. The normalized spacial score (nSPS) is 13.2. The van der Waals surface area contributed by atoms with Gasteiger partial charge in [-0.3, -0.25) is 0 Å². The summed E-state index contributed by atoms with van der Waals surface area (Å²) in [7, 11) is 1.67. The van der Waals surface area contributed by atoms with E-state index in [0.717, 1.165) is 18.1 Å². The summed E-state index contributed by atoms with van der Waals surface area (Å²) in [6, 6.07) is 0. The van der Waals surface area contributed by atoms with E-state index in [-0.39, 0.29) is 6.10 Å². The maximum absolute atomic E-state index is 9.36. The van der Waals surface area contributed by atoms with Crippen LogP contribution < -0.4 is 5.32 Å². The van der Waals surface area contributed by atoms with Crippen molar-refractivity contribution in [2.24, 2.45) is 0 Å². The topological polar surface area (TPSA) is 41.5 Å². The van der Waals surface area contributed by atoms with Gasteiger partial charge in [-0.2, -0.15) is 11.8 Å². The van der Waals surface area contributed by atoms with E-state index in [1.54, 1.807) is 18.9 Å². The standard InChI is InChI=1S/C8H19NO2S/c1-3-12-7-8(10)6-9-4-5-11-2/h8-10H,3-7H2,1-2H3. The van der Waals surface area contributed by atoms with Gasteiger partial charge >= 0.3 is 0 Å². The van der Waals surface area contributed by atoms with Gasteiger partial charge < -0.3 is 15.2 Å². The van der Waals surface area contributed by atoms with Gasteiger partial charge in [0.1, 0.15) is 0 Å². The van der Waals surface area contributed by atoms with Crippen LogP contribution in [-0.2, 0) is 4.74 Å². The van der Waals surface area contributed by atoms with Gasteiger partial charge in [-0.1, -0.05) is 6.92 Å². The fourth-order valence-electron chi connectivity index (χ4n) is 0.756. The molecule has 0 bridgehead atoms. The molecule has 0 spiro atoms. The second-order valence-corrected chi connectivity index (χ2v) is 3.83. The molecule has 0 rings (SSSR count). The smallest absolute Gasteiger partial charge is 0.0754 e. The first-order chi connectivity index (χ1) is 5.81. The summed E-state index contributed by atoms with van der Waals surface area (Å²) < 4.78 is 4.86. The Hall–Kier alpha value is 0.230. The van der Waals surface area contributed by atoms with Gasteiger partial charge in [0, 0.05) is 26.0 Å². The zero-order chi connectivity index (χ0) is 9.23. The Balaban J connectivity index is 3.02. The van der Waals surface area contributed by atoms with Crippen molar-refractivity contribution in [3.8, 4) is 0 Å². The zero-order valence-corrected chi connectivity index (χ0v) is 8.69. The Bertz CT molecular complexity index is 93.1. The van der Waals surface area contributed by atoms with Crippen LogP contribution in [0.15, 0.2) is 0 Å². The van der Waals surface area contributed by atoms with Crippen LogP contribution in [0.25, 0.3) is 0 Å². The van der Waals surface area contributed by atoms with Gasteiger partial charge in [0.05, 0.1) is 12.7 Å². The first kappa shape index (κ1) is 12.2. The van der Waals surface area contributed by atoms with Gasteiger partial charge in [-0.05, 0) is 5.75 Å². The highest BCUT2D eigenvalue weighted by atomic mass is 32.2. The van der Waals surface area contributed by atoms with Crippen molar-refractivity contribution >= 4 is 11.8 Å². The van der Waals surface area contributed by atoms with Gasteiger partial charge in [0.25, 0.3) is 0 Å². The molecule has 1 unspecified atom stereocenters. The first-order valence-electron chi connectivity index (χ1n) is 4.26. The minimum atomic E-state index is -0.230. The van der Waals surface area contributed by atoms with E-state index in [9.17, 15) is 5.11 Å². The number of rotatable bonds is 8. The largest absolute Gasteiger partial charge is 0.391 e. The maximum atomic E-state index is 9.36. The molecule has 3 nitrogen and oxygen atoms in total. The molecule has 0 saturated heterocycles. The summed E-state index contributed by atoms with van der Waals surface area (Å²) in [4.78, 5) is 0.